The molecule has 0 amide bonds. The highest BCUT2D eigenvalue weighted by molar-refractivity contribution is 9.10. The highest BCUT2D eigenvalue weighted by Crippen LogP contribution is 2.36. The highest BCUT2D eigenvalue weighted by atomic mass is 79.9. The summed E-state index contributed by atoms with van der Waals surface area (Å²) >= 11 is 6.79. The van der Waals surface area contributed by atoms with Gasteiger partial charge in [-0.05, 0) is 27.4 Å². The van der Waals surface area contributed by atoms with E-state index in [2.05, 4.69) is 32.4 Å². The van der Waals surface area contributed by atoms with Crippen molar-refractivity contribution in [2.45, 2.75) is 6.54 Å². The third-order valence-corrected chi connectivity index (χ3v) is 4.51. The zero-order valence-electron chi connectivity index (χ0n) is 6.66. The molecule has 0 aliphatic rings. The Kier molecular flexibility index (Phi) is 2.78. The monoisotopic (exact) mass is 274 g/mol. The van der Waals surface area contributed by atoms with E-state index in [-0.39, 0.29) is 0 Å². The van der Waals surface area contributed by atoms with Crippen LogP contribution in [0.4, 0.5) is 0 Å². The Balaban J connectivity index is 2.46. The first-order chi connectivity index (χ1) is 6.31. The summed E-state index contributed by atoms with van der Waals surface area (Å²) in [5.74, 6) is 0. The first-order valence-corrected chi connectivity index (χ1v) is 6.19. The van der Waals surface area contributed by atoms with Crippen LogP contribution in [-0.4, -0.2) is 4.98 Å². The molecule has 0 atom stereocenters. The van der Waals surface area contributed by atoms with Gasteiger partial charge in [0.2, 0.25) is 0 Å². The van der Waals surface area contributed by atoms with Crippen molar-refractivity contribution in [1.29, 1.82) is 0 Å². The second-order valence-corrected chi connectivity index (χ2v) is 5.19. The summed E-state index contributed by atoms with van der Waals surface area (Å²) in [6.45, 7) is 0.509. The minimum Gasteiger partial charge on any atom is -0.325 e. The molecule has 13 heavy (non-hydrogen) atoms. The summed E-state index contributed by atoms with van der Waals surface area (Å²) in [5, 5.41) is 3.03. The molecule has 2 rings (SSSR count). The number of halogens is 1. The topological polar surface area (TPSA) is 38.9 Å². The fourth-order valence-corrected chi connectivity index (χ4v) is 3.60. The molecule has 68 valence electrons. The normalized spacial score (nSPS) is 10.6. The van der Waals surface area contributed by atoms with Gasteiger partial charge in [-0.1, -0.05) is 6.07 Å². The summed E-state index contributed by atoms with van der Waals surface area (Å²) in [6.07, 6.45) is 0. The predicted octanol–water partition coefficient (Wildman–Crippen LogP) is 3.09. The highest BCUT2D eigenvalue weighted by Gasteiger charge is 2.10. The molecule has 0 fully saturated rings. The molecule has 2 nitrogen and oxygen atoms in total. The number of thiazole rings is 1. The van der Waals surface area contributed by atoms with Crippen LogP contribution in [0.5, 0.6) is 0 Å². The lowest BCUT2D eigenvalue weighted by molar-refractivity contribution is 1.03. The van der Waals surface area contributed by atoms with Crippen molar-refractivity contribution in [3.63, 3.8) is 0 Å². The largest absolute Gasteiger partial charge is 0.325 e. The lowest BCUT2D eigenvalue weighted by atomic mass is 10.4. The van der Waals surface area contributed by atoms with E-state index >= 15 is 0 Å². The molecule has 0 aliphatic heterocycles. The lowest BCUT2D eigenvalue weighted by Gasteiger charge is -1.88. The van der Waals surface area contributed by atoms with Gasteiger partial charge in [-0.25, -0.2) is 4.98 Å². The van der Waals surface area contributed by atoms with Crippen LogP contribution < -0.4 is 5.73 Å². The Hall–Kier alpha value is -0.230. The number of hydrogen-bond acceptors (Lipinski definition) is 4. The van der Waals surface area contributed by atoms with Gasteiger partial charge in [-0.2, -0.15) is 0 Å². The molecule has 0 saturated carbocycles. The molecule has 0 bridgehead atoms. The maximum absolute atomic E-state index is 5.52. The minimum absolute atomic E-state index is 0.509. The Morgan fingerprint density at radius 2 is 2.38 bits per heavy atom. The zero-order valence-corrected chi connectivity index (χ0v) is 9.88. The van der Waals surface area contributed by atoms with Gasteiger partial charge in [-0.15, -0.1) is 22.7 Å². The van der Waals surface area contributed by atoms with E-state index < -0.39 is 0 Å². The van der Waals surface area contributed by atoms with Gasteiger partial charge >= 0.3 is 0 Å². The Bertz CT molecular complexity index is 394. The second-order valence-electron chi connectivity index (χ2n) is 2.41. The van der Waals surface area contributed by atoms with Crippen molar-refractivity contribution in [1.82, 2.24) is 4.98 Å². The molecule has 0 saturated heterocycles. The van der Waals surface area contributed by atoms with Gasteiger partial charge in [0.1, 0.15) is 9.61 Å². The van der Waals surface area contributed by atoms with Crippen LogP contribution in [0.1, 0.15) is 5.01 Å². The zero-order chi connectivity index (χ0) is 9.26. The number of nitrogens with zero attached hydrogens (tertiary/aromatic N) is 1. The molecular formula is C8H7BrN2S2. The van der Waals surface area contributed by atoms with Crippen molar-refractivity contribution in [2.24, 2.45) is 5.73 Å². The average Bonchev–Trinajstić information content (AvgIpc) is 2.72. The summed E-state index contributed by atoms with van der Waals surface area (Å²) in [7, 11) is 0. The standard InChI is InChI=1S/C8H7BrN2S2/c9-8-7(5-2-1-3-12-5)13-6(4-10)11-8/h1-3H,4,10H2. The van der Waals surface area contributed by atoms with E-state index in [0.29, 0.717) is 6.54 Å². The van der Waals surface area contributed by atoms with Crippen LogP contribution in [0.25, 0.3) is 9.75 Å². The number of thiophene rings is 1. The molecule has 2 N–H and O–H groups in total. The van der Waals surface area contributed by atoms with Gasteiger partial charge in [0, 0.05) is 11.4 Å². The summed E-state index contributed by atoms with van der Waals surface area (Å²) in [5.41, 5.74) is 5.52. The molecular weight excluding hydrogens is 268 g/mol. The number of rotatable bonds is 2. The van der Waals surface area contributed by atoms with Crippen LogP contribution in [0.3, 0.4) is 0 Å². The van der Waals surface area contributed by atoms with Gasteiger partial charge in [0.05, 0.1) is 4.88 Å². The van der Waals surface area contributed by atoms with Crippen molar-refractivity contribution in [3.05, 3.63) is 27.1 Å². The maximum Gasteiger partial charge on any atom is 0.126 e. The number of aromatic nitrogens is 1. The molecule has 0 unspecified atom stereocenters. The predicted molar refractivity (Wildman–Crippen MR) is 61.0 cm³/mol. The van der Waals surface area contributed by atoms with Gasteiger partial charge in [0.25, 0.3) is 0 Å². The first kappa shape index (κ1) is 9.33. The third kappa shape index (κ3) is 1.83. The molecule has 0 aromatic carbocycles. The van der Waals surface area contributed by atoms with Crippen LogP contribution in [0, 0.1) is 0 Å². The quantitative estimate of drug-likeness (QED) is 0.914. The van der Waals surface area contributed by atoms with Crippen LogP contribution in [0.15, 0.2) is 22.1 Å². The summed E-state index contributed by atoms with van der Waals surface area (Å²) < 4.78 is 0.903. The summed E-state index contributed by atoms with van der Waals surface area (Å²) in [4.78, 5) is 6.72. The Morgan fingerprint density at radius 3 is 2.92 bits per heavy atom. The van der Waals surface area contributed by atoms with E-state index in [1.807, 2.05) is 6.07 Å². The van der Waals surface area contributed by atoms with Crippen molar-refractivity contribution >= 4 is 38.6 Å². The molecule has 0 radical (unpaired) electrons. The fourth-order valence-electron chi connectivity index (χ4n) is 0.990. The number of hydrogen-bond donors (Lipinski definition) is 1. The van der Waals surface area contributed by atoms with Crippen molar-refractivity contribution < 1.29 is 0 Å². The number of nitrogens with two attached hydrogens (primary N) is 1. The van der Waals surface area contributed by atoms with E-state index in [9.17, 15) is 0 Å². The van der Waals surface area contributed by atoms with Gasteiger partial charge in [0.15, 0.2) is 0 Å². The molecule has 2 aromatic heterocycles. The molecule has 0 spiro atoms. The van der Waals surface area contributed by atoms with Crippen molar-refractivity contribution in [3.8, 4) is 9.75 Å². The minimum atomic E-state index is 0.509. The smallest absolute Gasteiger partial charge is 0.126 e. The third-order valence-electron chi connectivity index (χ3n) is 1.55. The summed E-state index contributed by atoms with van der Waals surface area (Å²) in [6, 6.07) is 4.12. The maximum atomic E-state index is 5.52. The first-order valence-electron chi connectivity index (χ1n) is 3.70. The Labute approximate surface area is 92.6 Å². The average molecular weight is 275 g/mol. The molecule has 0 aliphatic carbocycles. The fraction of sp³-hybridized carbons (Fsp3) is 0.125. The van der Waals surface area contributed by atoms with Gasteiger partial charge in [-0.3, -0.25) is 0 Å². The van der Waals surface area contributed by atoms with E-state index in [1.165, 1.54) is 9.75 Å². The molecule has 5 heteroatoms. The van der Waals surface area contributed by atoms with E-state index in [0.717, 1.165) is 9.61 Å². The Morgan fingerprint density at radius 1 is 1.54 bits per heavy atom. The molecule has 2 heterocycles. The SMILES string of the molecule is NCc1nc(Br)c(-c2cccs2)s1. The van der Waals surface area contributed by atoms with Crippen molar-refractivity contribution in [2.75, 3.05) is 0 Å². The van der Waals surface area contributed by atoms with Crippen LogP contribution in [0.2, 0.25) is 0 Å². The van der Waals surface area contributed by atoms with Gasteiger partial charge < -0.3 is 5.73 Å². The van der Waals surface area contributed by atoms with Crippen LogP contribution in [-0.2, 0) is 6.54 Å². The van der Waals surface area contributed by atoms with E-state index in [1.54, 1.807) is 22.7 Å². The van der Waals surface area contributed by atoms with E-state index in [4.69, 9.17) is 5.73 Å². The lowest BCUT2D eigenvalue weighted by Crippen LogP contribution is -1.93. The second kappa shape index (κ2) is 3.88. The van der Waals surface area contributed by atoms with Crippen LogP contribution >= 0.6 is 38.6 Å². The molecule has 2 aromatic rings.